The molecule has 2 N–H and O–H groups in total. The van der Waals surface area contributed by atoms with E-state index in [-0.39, 0.29) is 6.03 Å². The first kappa shape index (κ1) is 12.3. The number of nitrogens with zero attached hydrogens (tertiary/aromatic N) is 1. The number of urea groups is 1. The molecule has 2 saturated heterocycles. The maximum absolute atomic E-state index is 12.5. The molecule has 1 saturated carbocycles. The van der Waals surface area contributed by atoms with Gasteiger partial charge in [-0.3, -0.25) is 0 Å². The van der Waals surface area contributed by atoms with E-state index in [1.807, 2.05) is 0 Å². The highest BCUT2D eigenvalue weighted by molar-refractivity contribution is 5.75. The fourth-order valence-corrected chi connectivity index (χ4v) is 4.01. The number of hydrogen-bond acceptors (Lipinski definition) is 2. The summed E-state index contributed by atoms with van der Waals surface area (Å²) in [6.45, 7) is 4.26. The highest BCUT2D eigenvalue weighted by Gasteiger charge is 2.44. The van der Waals surface area contributed by atoms with Crippen LogP contribution in [0.5, 0.6) is 0 Å². The zero-order valence-electron chi connectivity index (χ0n) is 11.3. The Morgan fingerprint density at radius 2 is 2.00 bits per heavy atom. The van der Waals surface area contributed by atoms with Crippen LogP contribution >= 0.6 is 0 Å². The van der Waals surface area contributed by atoms with Gasteiger partial charge in [-0.15, -0.1) is 0 Å². The van der Waals surface area contributed by atoms with Crippen molar-refractivity contribution in [3.63, 3.8) is 0 Å². The lowest BCUT2D eigenvalue weighted by molar-refractivity contribution is 0.169. The quantitative estimate of drug-likeness (QED) is 0.745. The topological polar surface area (TPSA) is 44.4 Å². The Morgan fingerprint density at radius 1 is 1.22 bits per heavy atom. The SMILES string of the molecule is CC1CC2CNCC2N1C(=O)NC1CCCCC1. The van der Waals surface area contributed by atoms with E-state index in [1.54, 1.807) is 0 Å². The number of fused-ring (bicyclic) bond motifs is 1. The largest absolute Gasteiger partial charge is 0.335 e. The van der Waals surface area contributed by atoms with Crippen LogP contribution < -0.4 is 10.6 Å². The molecule has 2 aliphatic heterocycles. The molecule has 3 aliphatic rings. The summed E-state index contributed by atoms with van der Waals surface area (Å²) in [5, 5.41) is 6.67. The van der Waals surface area contributed by atoms with Crippen molar-refractivity contribution >= 4 is 6.03 Å². The molecule has 1 aliphatic carbocycles. The van der Waals surface area contributed by atoms with Crippen LogP contribution in [-0.4, -0.2) is 42.1 Å². The highest BCUT2D eigenvalue weighted by Crippen LogP contribution is 2.32. The molecule has 0 aromatic carbocycles. The lowest BCUT2D eigenvalue weighted by atomic mass is 9.96. The molecule has 102 valence electrons. The first-order valence-electron chi connectivity index (χ1n) is 7.55. The van der Waals surface area contributed by atoms with Crippen LogP contribution in [0.2, 0.25) is 0 Å². The molecule has 4 nitrogen and oxygen atoms in total. The number of carbonyl (C=O) groups is 1. The molecule has 0 aromatic rings. The van der Waals surface area contributed by atoms with E-state index >= 15 is 0 Å². The molecule has 0 spiro atoms. The Labute approximate surface area is 109 Å². The highest BCUT2D eigenvalue weighted by atomic mass is 16.2. The molecule has 3 unspecified atom stereocenters. The second kappa shape index (κ2) is 5.08. The predicted octanol–water partition coefficient (Wildman–Crippen LogP) is 1.71. The summed E-state index contributed by atoms with van der Waals surface area (Å²) in [6.07, 6.45) is 7.37. The fraction of sp³-hybridized carbons (Fsp3) is 0.929. The average molecular weight is 251 g/mol. The van der Waals surface area contributed by atoms with Gasteiger partial charge in [0.2, 0.25) is 0 Å². The van der Waals surface area contributed by atoms with Crippen LogP contribution in [0.3, 0.4) is 0 Å². The van der Waals surface area contributed by atoms with Crippen molar-refractivity contribution in [1.82, 2.24) is 15.5 Å². The molecular weight excluding hydrogens is 226 g/mol. The second-order valence-corrected chi connectivity index (χ2v) is 6.26. The number of amides is 2. The molecule has 2 amide bonds. The van der Waals surface area contributed by atoms with Gasteiger partial charge in [-0.05, 0) is 32.1 Å². The maximum Gasteiger partial charge on any atom is 0.318 e. The van der Waals surface area contributed by atoms with Crippen molar-refractivity contribution in [3.05, 3.63) is 0 Å². The van der Waals surface area contributed by atoms with Crippen LogP contribution in [0.4, 0.5) is 4.79 Å². The van der Waals surface area contributed by atoms with Gasteiger partial charge in [0.05, 0.1) is 6.04 Å². The Kier molecular flexibility index (Phi) is 3.46. The van der Waals surface area contributed by atoms with Gasteiger partial charge in [-0.2, -0.15) is 0 Å². The lowest BCUT2D eigenvalue weighted by Gasteiger charge is -2.31. The summed E-state index contributed by atoms with van der Waals surface area (Å²) in [7, 11) is 0. The Hall–Kier alpha value is -0.770. The number of rotatable bonds is 1. The summed E-state index contributed by atoms with van der Waals surface area (Å²) in [6, 6.07) is 1.45. The number of likely N-dealkylation sites (tertiary alicyclic amines) is 1. The van der Waals surface area contributed by atoms with Gasteiger partial charge in [0.1, 0.15) is 0 Å². The third-order valence-corrected chi connectivity index (χ3v) is 4.95. The fourth-order valence-electron chi connectivity index (χ4n) is 4.01. The maximum atomic E-state index is 12.5. The molecule has 4 heteroatoms. The monoisotopic (exact) mass is 251 g/mol. The third kappa shape index (κ3) is 2.22. The van der Waals surface area contributed by atoms with Crippen LogP contribution in [0.25, 0.3) is 0 Å². The Morgan fingerprint density at radius 3 is 2.78 bits per heavy atom. The lowest BCUT2D eigenvalue weighted by Crippen LogP contribution is -2.51. The van der Waals surface area contributed by atoms with E-state index in [1.165, 1.54) is 32.1 Å². The standard InChI is InChI=1S/C14H25N3O/c1-10-7-11-8-15-9-13(11)17(10)14(18)16-12-5-3-2-4-6-12/h10-13,15H,2-9H2,1H3,(H,16,18). The zero-order chi connectivity index (χ0) is 12.5. The molecule has 18 heavy (non-hydrogen) atoms. The minimum absolute atomic E-state index is 0.186. The molecule has 3 rings (SSSR count). The van der Waals surface area contributed by atoms with E-state index in [0.717, 1.165) is 19.5 Å². The zero-order valence-corrected chi connectivity index (χ0v) is 11.3. The minimum atomic E-state index is 0.186. The predicted molar refractivity (Wildman–Crippen MR) is 71.5 cm³/mol. The van der Waals surface area contributed by atoms with Crippen molar-refractivity contribution in [3.8, 4) is 0 Å². The average Bonchev–Trinajstić information content (AvgIpc) is 2.89. The van der Waals surface area contributed by atoms with Crippen LogP contribution in [0, 0.1) is 5.92 Å². The summed E-state index contributed by atoms with van der Waals surface area (Å²) in [5.74, 6) is 0.678. The number of nitrogens with one attached hydrogen (secondary N) is 2. The van der Waals surface area contributed by atoms with Crippen molar-refractivity contribution < 1.29 is 4.79 Å². The van der Waals surface area contributed by atoms with Gasteiger partial charge in [0.25, 0.3) is 0 Å². The summed E-state index contributed by atoms with van der Waals surface area (Å²) in [5.41, 5.74) is 0. The molecular formula is C14H25N3O. The summed E-state index contributed by atoms with van der Waals surface area (Å²) < 4.78 is 0. The molecule has 0 bridgehead atoms. The van der Waals surface area contributed by atoms with Gasteiger partial charge >= 0.3 is 6.03 Å². The van der Waals surface area contributed by atoms with E-state index in [9.17, 15) is 4.79 Å². The minimum Gasteiger partial charge on any atom is -0.335 e. The number of carbonyl (C=O) groups excluding carboxylic acids is 1. The van der Waals surface area contributed by atoms with Crippen LogP contribution in [0.15, 0.2) is 0 Å². The first-order chi connectivity index (χ1) is 8.75. The van der Waals surface area contributed by atoms with Crippen molar-refractivity contribution in [2.45, 2.75) is 63.6 Å². The molecule has 2 heterocycles. The molecule has 0 aromatic heterocycles. The molecule has 3 fully saturated rings. The summed E-state index contributed by atoms with van der Waals surface area (Å²) >= 11 is 0. The van der Waals surface area contributed by atoms with Gasteiger partial charge in [-0.1, -0.05) is 19.3 Å². The van der Waals surface area contributed by atoms with E-state index in [0.29, 0.717) is 24.0 Å². The smallest absolute Gasteiger partial charge is 0.318 e. The van der Waals surface area contributed by atoms with E-state index in [4.69, 9.17) is 0 Å². The van der Waals surface area contributed by atoms with Crippen molar-refractivity contribution in [2.75, 3.05) is 13.1 Å². The van der Waals surface area contributed by atoms with Crippen LogP contribution in [0.1, 0.15) is 45.4 Å². The Bertz CT molecular complexity index is 314. The van der Waals surface area contributed by atoms with Crippen molar-refractivity contribution in [1.29, 1.82) is 0 Å². The summed E-state index contributed by atoms with van der Waals surface area (Å²) in [4.78, 5) is 14.6. The van der Waals surface area contributed by atoms with Gasteiger partial charge in [-0.25, -0.2) is 4.79 Å². The molecule has 0 radical (unpaired) electrons. The van der Waals surface area contributed by atoms with Gasteiger partial charge in [0.15, 0.2) is 0 Å². The normalized spacial score (nSPS) is 36.7. The van der Waals surface area contributed by atoms with Crippen LogP contribution in [-0.2, 0) is 0 Å². The van der Waals surface area contributed by atoms with Crippen molar-refractivity contribution in [2.24, 2.45) is 5.92 Å². The van der Waals surface area contributed by atoms with Gasteiger partial charge in [0, 0.05) is 25.2 Å². The van der Waals surface area contributed by atoms with E-state index in [2.05, 4.69) is 22.5 Å². The molecule has 3 atom stereocenters. The number of hydrogen-bond donors (Lipinski definition) is 2. The van der Waals surface area contributed by atoms with Gasteiger partial charge < -0.3 is 15.5 Å². The third-order valence-electron chi connectivity index (χ3n) is 4.95. The Balaban J connectivity index is 1.60. The first-order valence-corrected chi connectivity index (χ1v) is 7.55. The van der Waals surface area contributed by atoms with E-state index < -0.39 is 0 Å². The second-order valence-electron chi connectivity index (χ2n) is 6.26.